The zero-order valence-electron chi connectivity index (χ0n) is 12.7. The van der Waals surface area contributed by atoms with Gasteiger partial charge in [0.1, 0.15) is 5.58 Å². The van der Waals surface area contributed by atoms with E-state index in [0.717, 1.165) is 34.1 Å². The van der Waals surface area contributed by atoms with Crippen molar-refractivity contribution in [3.05, 3.63) is 71.3 Å². The van der Waals surface area contributed by atoms with E-state index >= 15 is 0 Å². The molecular weight excluding hydrogens is 274 g/mol. The number of carbonyl (C=O) groups is 1. The molecule has 3 heteroatoms. The highest BCUT2D eigenvalue weighted by molar-refractivity contribution is 6.08. The molecule has 0 fully saturated rings. The number of aryl methyl sites for hydroxylation is 2. The summed E-state index contributed by atoms with van der Waals surface area (Å²) >= 11 is 0. The van der Waals surface area contributed by atoms with Crippen LogP contribution in [-0.4, -0.2) is 10.8 Å². The fourth-order valence-corrected chi connectivity index (χ4v) is 2.53. The van der Waals surface area contributed by atoms with Gasteiger partial charge in [0.2, 0.25) is 5.78 Å². The molecule has 1 aromatic carbocycles. The first-order chi connectivity index (χ1) is 10.7. The van der Waals surface area contributed by atoms with E-state index < -0.39 is 0 Å². The summed E-state index contributed by atoms with van der Waals surface area (Å²) in [6, 6.07) is 9.72. The van der Waals surface area contributed by atoms with E-state index in [-0.39, 0.29) is 5.78 Å². The van der Waals surface area contributed by atoms with Gasteiger partial charge in [-0.15, -0.1) is 0 Å². The molecule has 0 N–H and O–H groups in total. The van der Waals surface area contributed by atoms with Crippen LogP contribution in [0.25, 0.3) is 17.0 Å². The van der Waals surface area contributed by atoms with Gasteiger partial charge in [0, 0.05) is 23.3 Å². The van der Waals surface area contributed by atoms with Gasteiger partial charge in [-0.1, -0.05) is 24.6 Å². The molecule has 3 nitrogen and oxygen atoms in total. The third-order valence-electron chi connectivity index (χ3n) is 3.64. The fourth-order valence-electron chi connectivity index (χ4n) is 2.53. The molecule has 0 unspecified atom stereocenters. The van der Waals surface area contributed by atoms with Crippen molar-refractivity contribution >= 4 is 22.8 Å². The molecule has 110 valence electrons. The maximum Gasteiger partial charge on any atom is 0.221 e. The minimum absolute atomic E-state index is 0.116. The van der Waals surface area contributed by atoms with E-state index in [2.05, 4.69) is 11.1 Å². The van der Waals surface area contributed by atoms with Crippen molar-refractivity contribution in [3.63, 3.8) is 0 Å². The maximum atomic E-state index is 12.5. The van der Waals surface area contributed by atoms with Gasteiger partial charge in [-0.05, 0) is 49.3 Å². The third kappa shape index (κ3) is 2.70. The van der Waals surface area contributed by atoms with E-state index in [1.807, 2.05) is 38.1 Å². The van der Waals surface area contributed by atoms with E-state index in [1.54, 1.807) is 24.5 Å². The van der Waals surface area contributed by atoms with E-state index in [1.165, 1.54) is 0 Å². The van der Waals surface area contributed by atoms with Crippen molar-refractivity contribution in [2.45, 2.75) is 20.3 Å². The predicted molar refractivity (Wildman–Crippen MR) is 87.9 cm³/mol. The number of aromatic nitrogens is 1. The van der Waals surface area contributed by atoms with Gasteiger partial charge in [-0.3, -0.25) is 9.78 Å². The van der Waals surface area contributed by atoms with Crippen molar-refractivity contribution in [2.75, 3.05) is 0 Å². The topological polar surface area (TPSA) is 43.1 Å². The second-order valence-corrected chi connectivity index (χ2v) is 5.25. The number of pyridine rings is 1. The lowest BCUT2D eigenvalue weighted by molar-refractivity contribution is 0.102. The van der Waals surface area contributed by atoms with Crippen LogP contribution < -0.4 is 0 Å². The van der Waals surface area contributed by atoms with Crippen molar-refractivity contribution in [3.8, 4) is 0 Å². The second-order valence-electron chi connectivity index (χ2n) is 5.25. The van der Waals surface area contributed by atoms with Gasteiger partial charge in [0.15, 0.2) is 5.76 Å². The van der Waals surface area contributed by atoms with Gasteiger partial charge in [0.05, 0.1) is 0 Å². The van der Waals surface area contributed by atoms with Crippen LogP contribution in [0.4, 0.5) is 0 Å². The van der Waals surface area contributed by atoms with Crippen molar-refractivity contribution in [1.82, 2.24) is 4.98 Å². The molecule has 0 aliphatic carbocycles. The molecule has 3 aromatic rings. The average Bonchev–Trinajstić information content (AvgIpc) is 2.91. The Morgan fingerprint density at radius 2 is 2.18 bits per heavy atom. The molecule has 0 saturated heterocycles. The Morgan fingerprint density at radius 3 is 2.91 bits per heavy atom. The van der Waals surface area contributed by atoms with Crippen LogP contribution in [0.2, 0.25) is 0 Å². The number of fused-ring (bicyclic) bond motifs is 1. The zero-order valence-corrected chi connectivity index (χ0v) is 12.7. The molecule has 3 rings (SSSR count). The number of ketones is 1. The summed E-state index contributed by atoms with van der Waals surface area (Å²) in [6.45, 7) is 4.07. The largest absolute Gasteiger partial charge is 0.452 e. The lowest BCUT2D eigenvalue weighted by Crippen LogP contribution is -1.96. The van der Waals surface area contributed by atoms with Crippen LogP contribution in [0.5, 0.6) is 0 Å². The number of nitrogens with zero attached hydrogens (tertiary/aromatic N) is 1. The molecule has 0 radical (unpaired) electrons. The minimum atomic E-state index is -0.116. The number of allylic oxidation sites excluding steroid dienone is 1. The molecule has 0 aliphatic rings. The maximum absolute atomic E-state index is 12.5. The molecule has 0 aliphatic heterocycles. The van der Waals surface area contributed by atoms with E-state index in [9.17, 15) is 4.79 Å². The minimum Gasteiger partial charge on any atom is -0.452 e. The first-order valence-corrected chi connectivity index (χ1v) is 7.33. The standard InChI is InChI=1S/C19H17NO2/c1-3-15-16-11-13(2)6-9-18(16)22-19(15)17(21)8-7-14-5-4-10-20-12-14/h4-12H,3H2,1-2H3/b8-7+. The summed E-state index contributed by atoms with van der Waals surface area (Å²) in [7, 11) is 0. The summed E-state index contributed by atoms with van der Waals surface area (Å²) in [5.74, 6) is 0.317. The Balaban J connectivity index is 1.99. The van der Waals surface area contributed by atoms with Crippen LogP contribution >= 0.6 is 0 Å². The molecule has 0 bridgehead atoms. The van der Waals surface area contributed by atoms with Crippen LogP contribution in [0.15, 0.2) is 53.2 Å². The lowest BCUT2D eigenvalue weighted by Gasteiger charge is -1.96. The summed E-state index contributed by atoms with van der Waals surface area (Å²) < 4.78 is 5.78. The first kappa shape index (κ1) is 14.3. The van der Waals surface area contributed by atoms with Crippen LogP contribution in [0.1, 0.15) is 34.2 Å². The number of furan rings is 1. The fraction of sp³-hybridized carbons (Fsp3) is 0.158. The lowest BCUT2D eigenvalue weighted by atomic mass is 10.0. The second kappa shape index (κ2) is 5.98. The Labute approximate surface area is 129 Å². The number of rotatable bonds is 4. The molecule has 0 spiro atoms. The van der Waals surface area contributed by atoms with Gasteiger partial charge >= 0.3 is 0 Å². The summed E-state index contributed by atoms with van der Waals surface area (Å²) in [6.07, 6.45) is 7.48. The van der Waals surface area contributed by atoms with Crippen LogP contribution in [0, 0.1) is 6.92 Å². The Kier molecular flexibility index (Phi) is 3.88. The number of benzene rings is 1. The number of hydrogen-bond donors (Lipinski definition) is 0. The van der Waals surface area contributed by atoms with Crippen molar-refractivity contribution < 1.29 is 9.21 Å². The highest BCUT2D eigenvalue weighted by Crippen LogP contribution is 2.28. The SMILES string of the molecule is CCc1c(C(=O)/C=C/c2cccnc2)oc2ccc(C)cc12. The molecule has 2 aromatic heterocycles. The Bertz CT molecular complexity index is 845. The van der Waals surface area contributed by atoms with Crippen LogP contribution in [-0.2, 0) is 6.42 Å². The molecule has 0 saturated carbocycles. The van der Waals surface area contributed by atoms with Crippen molar-refractivity contribution in [1.29, 1.82) is 0 Å². The number of hydrogen-bond acceptors (Lipinski definition) is 3. The van der Waals surface area contributed by atoms with E-state index in [0.29, 0.717) is 5.76 Å². The molecule has 2 heterocycles. The predicted octanol–water partition coefficient (Wildman–Crippen LogP) is 4.59. The number of carbonyl (C=O) groups excluding carboxylic acids is 1. The Hall–Kier alpha value is -2.68. The van der Waals surface area contributed by atoms with Gasteiger partial charge < -0.3 is 4.42 Å². The normalized spacial score (nSPS) is 11.4. The van der Waals surface area contributed by atoms with Gasteiger partial charge in [0.25, 0.3) is 0 Å². The highest BCUT2D eigenvalue weighted by Gasteiger charge is 2.17. The van der Waals surface area contributed by atoms with Gasteiger partial charge in [-0.2, -0.15) is 0 Å². The van der Waals surface area contributed by atoms with Gasteiger partial charge in [-0.25, -0.2) is 0 Å². The zero-order chi connectivity index (χ0) is 15.5. The molecule has 22 heavy (non-hydrogen) atoms. The summed E-state index contributed by atoms with van der Waals surface area (Å²) in [5, 5.41) is 1.03. The van der Waals surface area contributed by atoms with Crippen molar-refractivity contribution in [2.24, 2.45) is 0 Å². The van der Waals surface area contributed by atoms with Crippen LogP contribution in [0.3, 0.4) is 0 Å². The summed E-state index contributed by atoms with van der Waals surface area (Å²) in [4.78, 5) is 16.5. The monoisotopic (exact) mass is 291 g/mol. The Morgan fingerprint density at radius 1 is 1.32 bits per heavy atom. The van der Waals surface area contributed by atoms with E-state index in [4.69, 9.17) is 4.42 Å². The highest BCUT2D eigenvalue weighted by atomic mass is 16.3. The molecular formula is C19H17NO2. The molecule has 0 amide bonds. The summed E-state index contributed by atoms with van der Waals surface area (Å²) in [5.41, 5.74) is 3.79. The molecule has 0 atom stereocenters. The quantitative estimate of drug-likeness (QED) is 0.521. The third-order valence-corrected chi connectivity index (χ3v) is 3.64. The first-order valence-electron chi connectivity index (χ1n) is 7.33. The smallest absolute Gasteiger partial charge is 0.221 e. The average molecular weight is 291 g/mol.